The number of sulfonamides is 1. The molecule has 1 aromatic carbocycles. The molecule has 112 valence electrons. The predicted molar refractivity (Wildman–Crippen MR) is 72.1 cm³/mol. The maximum Gasteiger partial charge on any atom is 0.256 e. The molecule has 0 aliphatic rings. The van der Waals surface area contributed by atoms with Crippen LogP contribution in [-0.4, -0.2) is 27.0 Å². The topological polar surface area (TPSA) is 98.5 Å². The van der Waals surface area contributed by atoms with Crippen molar-refractivity contribution in [3.63, 3.8) is 0 Å². The van der Waals surface area contributed by atoms with Crippen LogP contribution in [0.3, 0.4) is 0 Å². The van der Waals surface area contributed by atoms with E-state index >= 15 is 0 Å². The van der Waals surface area contributed by atoms with Crippen LogP contribution >= 0.6 is 0 Å². The molecule has 0 bridgehead atoms. The molecule has 6 nitrogen and oxygen atoms in total. The zero-order valence-corrected chi connectivity index (χ0v) is 12.3. The van der Waals surface area contributed by atoms with E-state index in [2.05, 4.69) is 5.32 Å². The Balaban J connectivity index is 3.11. The predicted octanol–water partition coefficient (Wildman–Crippen LogP) is 1.23. The number of halogens is 1. The molecule has 0 fully saturated rings. The van der Waals surface area contributed by atoms with E-state index in [1.54, 1.807) is 13.8 Å². The van der Waals surface area contributed by atoms with E-state index < -0.39 is 32.2 Å². The van der Waals surface area contributed by atoms with Crippen LogP contribution in [0.2, 0.25) is 0 Å². The summed E-state index contributed by atoms with van der Waals surface area (Å²) < 4.78 is 40.9. The summed E-state index contributed by atoms with van der Waals surface area (Å²) in [6.45, 7) is 3.33. The first-order chi connectivity index (χ1) is 9.12. The van der Waals surface area contributed by atoms with Crippen molar-refractivity contribution in [2.45, 2.75) is 30.8 Å². The van der Waals surface area contributed by atoms with E-state index in [0.29, 0.717) is 6.42 Å². The van der Waals surface area contributed by atoms with Gasteiger partial charge in [0.25, 0.3) is 5.91 Å². The summed E-state index contributed by atoms with van der Waals surface area (Å²) in [5.74, 6) is -1.32. The monoisotopic (exact) mass is 304 g/mol. The largest absolute Gasteiger partial charge is 0.369 e. The maximum atomic E-state index is 13.4. The van der Waals surface area contributed by atoms with Gasteiger partial charge in [-0.25, -0.2) is 17.9 Å². The highest BCUT2D eigenvalue weighted by Crippen LogP contribution is 2.21. The first-order valence-corrected chi connectivity index (χ1v) is 7.37. The SMILES string of the molecule is CCC(C)(OC)C(=O)Nc1cc(F)cc(S(N)(=O)=O)c1. The van der Waals surface area contributed by atoms with Crippen molar-refractivity contribution in [2.24, 2.45) is 5.14 Å². The van der Waals surface area contributed by atoms with Crippen LogP contribution in [0.5, 0.6) is 0 Å². The molecule has 1 atom stereocenters. The van der Waals surface area contributed by atoms with Gasteiger partial charge in [-0.2, -0.15) is 0 Å². The van der Waals surface area contributed by atoms with E-state index in [-0.39, 0.29) is 5.69 Å². The maximum absolute atomic E-state index is 13.4. The number of benzene rings is 1. The van der Waals surface area contributed by atoms with Crippen LogP contribution in [0.1, 0.15) is 20.3 Å². The van der Waals surface area contributed by atoms with Gasteiger partial charge in [0, 0.05) is 12.8 Å². The summed E-state index contributed by atoms with van der Waals surface area (Å²) >= 11 is 0. The number of carbonyl (C=O) groups is 1. The van der Waals surface area contributed by atoms with Crippen LogP contribution < -0.4 is 10.5 Å². The smallest absolute Gasteiger partial charge is 0.256 e. The lowest BCUT2D eigenvalue weighted by Gasteiger charge is -2.25. The van der Waals surface area contributed by atoms with Gasteiger partial charge in [0.2, 0.25) is 10.0 Å². The summed E-state index contributed by atoms with van der Waals surface area (Å²) in [6, 6.07) is 2.86. The third-order valence-electron chi connectivity index (χ3n) is 3.06. The summed E-state index contributed by atoms with van der Waals surface area (Å²) in [5, 5.41) is 7.35. The fourth-order valence-corrected chi connectivity index (χ4v) is 2.03. The van der Waals surface area contributed by atoms with Crippen LogP contribution in [0.25, 0.3) is 0 Å². The van der Waals surface area contributed by atoms with Crippen molar-refractivity contribution >= 4 is 21.6 Å². The Morgan fingerprint density at radius 3 is 2.50 bits per heavy atom. The van der Waals surface area contributed by atoms with E-state index in [9.17, 15) is 17.6 Å². The van der Waals surface area contributed by atoms with Gasteiger partial charge in [-0.15, -0.1) is 0 Å². The second kappa shape index (κ2) is 5.86. The van der Waals surface area contributed by atoms with E-state index in [0.717, 1.165) is 18.2 Å². The molecule has 1 aromatic rings. The zero-order chi connectivity index (χ0) is 15.6. The number of nitrogens with one attached hydrogen (secondary N) is 1. The Morgan fingerprint density at radius 1 is 1.45 bits per heavy atom. The molecule has 0 radical (unpaired) electrons. The number of carbonyl (C=O) groups excluding carboxylic acids is 1. The number of anilines is 1. The Kier molecular flexibility index (Phi) is 4.85. The van der Waals surface area contributed by atoms with Gasteiger partial charge in [0.15, 0.2) is 0 Å². The first kappa shape index (κ1) is 16.5. The number of hydrogen-bond acceptors (Lipinski definition) is 4. The van der Waals surface area contributed by atoms with Crippen molar-refractivity contribution < 1.29 is 22.3 Å². The second-order valence-corrected chi connectivity index (χ2v) is 6.02. The molecule has 0 aromatic heterocycles. The van der Waals surface area contributed by atoms with Crippen LogP contribution in [-0.2, 0) is 19.6 Å². The van der Waals surface area contributed by atoms with Gasteiger partial charge < -0.3 is 10.1 Å². The number of primary sulfonamides is 1. The fourth-order valence-electron chi connectivity index (χ4n) is 1.46. The zero-order valence-electron chi connectivity index (χ0n) is 11.4. The van der Waals surface area contributed by atoms with Gasteiger partial charge in [-0.3, -0.25) is 4.79 Å². The van der Waals surface area contributed by atoms with Crippen molar-refractivity contribution in [1.29, 1.82) is 0 Å². The molecule has 1 amide bonds. The summed E-state index contributed by atoms with van der Waals surface area (Å²) in [6.07, 6.45) is 0.396. The highest BCUT2D eigenvalue weighted by Gasteiger charge is 2.31. The van der Waals surface area contributed by atoms with Crippen LogP contribution in [0.4, 0.5) is 10.1 Å². The Morgan fingerprint density at radius 2 is 2.05 bits per heavy atom. The van der Waals surface area contributed by atoms with Crippen LogP contribution in [0, 0.1) is 5.82 Å². The quantitative estimate of drug-likeness (QED) is 0.854. The average Bonchev–Trinajstić information content (AvgIpc) is 2.36. The molecular formula is C12H17FN2O4S. The Bertz CT molecular complexity index is 612. The lowest BCUT2D eigenvalue weighted by molar-refractivity contribution is -0.136. The number of amides is 1. The minimum atomic E-state index is -4.05. The molecule has 3 N–H and O–H groups in total. The molecular weight excluding hydrogens is 287 g/mol. The summed E-state index contributed by atoms with van der Waals surface area (Å²) in [7, 11) is -2.67. The van der Waals surface area contributed by atoms with Crippen molar-refractivity contribution in [2.75, 3.05) is 12.4 Å². The van der Waals surface area contributed by atoms with Crippen LogP contribution in [0.15, 0.2) is 23.1 Å². The van der Waals surface area contributed by atoms with Crippen molar-refractivity contribution in [1.82, 2.24) is 0 Å². The lowest BCUT2D eigenvalue weighted by Crippen LogP contribution is -2.41. The van der Waals surface area contributed by atoms with Gasteiger partial charge in [-0.05, 0) is 31.5 Å². The molecule has 20 heavy (non-hydrogen) atoms. The number of ether oxygens (including phenoxy) is 1. The van der Waals surface area contributed by atoms with Crippen molar-refractivity contribution in [3.8, 4) is 0 Å². The number of rotatable bonds is 5. The van der Waals surface area contributed by atoms with E-state index in [1.165, 1.54) is 7.11 Å². The summed E-state index contributed by atoms with van der Waals surface area (Å²) in [4.78, 5) is 11.6. The van der Waals surface area contributed by atoms with E-state index in [4.69, 9.17) is 9.88 Å². The molecule has 1 rings (SSSR count). The highest BCUT2D eigenvalue weighted by atomic mass is 32.2. The standard InChI is InChI=1S/C12H17FN2O4S/c1-4-12(2,19-3)11(16)15-9-5-8(13)6-10(7-9)20(14,17)18/h5-7H,4H2,1-3H3,(H,15,16)(H2,14,17,18). The minimum absolute atomic E-state index is 0.00394. The molecule has 0 saturated carbocycles. The molecule has 1 unspecified atom stereocenters. The number of methoxy groups -OCH3 is 1. The van der Waals surface area contributed by atoms with Gasteiger partial charge >= 0.3 is 0 Å². The first-order valence-electron chi connectivity index (χ1n) is 5.82. The lowest BCUT2D eigenvalue weighted by atomic mass is 10.0. The Labute approximate surface area is 117 Å². The molecule has 8 heteroatoms. The fraction of sp³-hybridized carbons (Fsp3) is 0.417. The number of nitrogens with two attached hydrogens (primary N) is 1. The van der Waals surface area contributed by atoms with Gasteiger partial charge in [-0.1, -0.05) is 6.92 Å². The molecule has 0 heterocycles. The third-order valence-corrected chi connectivity index (χ3v) is 3.96. The average molecular weight is 304 g/mol. The molecule has 0 aliphatic carbocycles. The second-order valence-electron chi connectivity index (χ2n) is 4.46. The highest BCUT2D eigenvalue weighted by molar-refractivity contribution is 7.89. The third kappa shape index (κ3) is 3.75. The molecule has 0 spiro atoms. The van der Waals surface area contributed by atoms with Gasteiger partial charge in [0.05, 0.1) is 4.90 Å². The van der Waals surface area contributed by atoms with E-state index in [1.807, 2.05) is 0 Å². The Hall–Kier alpha value is -1.51. The molecule has 0 saturated heterocycles. The molecule has 0 aliphatic heterocycles. The van der Waals surface area contributed by atoms with Gasteiger partial charge in [0.1, 0.15) is 11.4 Å². The normalized spacial score (nSPS) is 14.7. The minimum Gasteiger partial charge on any atom is -0.369 e. The number of hydrogen-bond donors (Lipinski definition) is 2. The summed E-state index contributed by atoms with van der Waals surface area (Å²) in [5.41, 5.74) is -1.09. The van der Waals surface area contributed by atoms with Crippen molar-refractivity contribution in [3.05, 3.63) is 24.0 Å².